The monoisotopic (exact) mass is 550 g/mol. The Bertz CT molecular complexity index is 1090. The van der Waals surface area contributed by atoms with Gasteiger partial charge in [0.05, 0.1) is 0 Å². The van der Waals surface area contributed by atoms with Crippen LogP contribution in [0.4, 0.5) is 13.2 Å². The molecule has 2 saturated carbocycles. The molecule has 3 aliphatic rings. The molecule has 0 bridgehead atoms. The van der Waals surface area contributed by atoms with Crippen LogP contribution in [0.15, 0.2) is 59.3 Å². The van der Waals surface area contributed by atoms with E-state index in [1.54, 1.807) is 0 Å². The Labute approximate surface area is 229 Å². The summed E-state index contributed by atoms with van der Waals surface area (Å²) in [7, 11) is 0. The molecule has 0 aromatic rings. The second-order valence-corrected chi connectivity index (χ2v) is 11.6. The highest BCUT2D eigenvalue weighted by atomic mass is 19.4. The highest BCUT2D eigenvalue weighted by Crippen LogP contribution is 2.57. The van der Waals surface area contributed by atoms with E-state index in [1.165, 1.54) is 31.1 Å². The summed E-state index contributed by atoms with van der Waals surface area (Å²) in [6, 6.07) is 0. The molecule has 6 atom stereocenters. The van der Waals surface area contributed by atoms with Gasteiger partial charge < -0.3 is 14.6 Å². The molecule has 0 aromatic carbocycles. The van der Waals surface area contributed by atoms with Gasteiger partial charge in [-0.25, -0.2) is 0 Å². The average molecular weight is 551 g/mol. The lowest BCUT2D eigenvalue weighted by Crippen LogP contribution is -2.40. The third kappa shape index (κ3) is 7.13. The first kappa shape index (κ1) is 30.9. The third-order valence-electron chi connectivity index (χ3n) is 8.51. The van der Waals surface area contributed by atoms with Crippen molar-refractivity contribution in [1.82, 2.24) is 0 Å². The Morgan fingerprint density at radius 3 is 2.51 bits per heavy atom. The van der Waals surface area contributed by atoms with Crippen LogP contribution < -0.4 is 0 Å². The van der Waals surface area contributed by atoms with Crippen molar-refractivity contribution in [2.75, 3.05) is 0 Å². The standard InChI is InChI=1S/C31H41F3O5/c1-19(9-7-16-30(6,37)31(32,33)34)26-13-14-27-23(10-8-15-29(26,27)5)11-12-24-17-25(38-21(3)35)18-28(20(24)2)39-22(4)36/h7,11-13,16,19,25,27-28,37H,2,8-10,14-15,17-18H2,1,3-6H3/b16-7+,23-11+,24-12-/t19?,25?,27?,28-,29+,30+/m0/s1. The maximum Gasteiger partial charge on any atom is 0.420 e. The normalized spacial score (nSPS) is 32.1. The van der Waals surface area contributed by atoms with Crippen LogP contribution in [-0.4, -0.2) is 41.0 Å². The molecule has 0 amide bonds. The third-order valence-corrected chi connectivity index (χ3v) is 8.51. The molecule has 0 heterocycles. The summed E-state index contributed by atoms with van der Waals surface area (Å²) in [6.07, 6.45) is 8.11. The molecule has 3 aliphatic carbocycles. The van der Waals surface area contributed by atoms with Crippen molar-refractivity contribution in [2.24, 2.45) is 17.3 Å². The highest BCUT2D eigenvalue weighted by molar-refractivity contribution is 5.67. The Hall–Kier alpha value is -2.61. The van der Waals surface area contributed by atoms with E-state index in [0.717, 1.165) is 44.3 Å². The Morgan fingerprint density at radius 1 is 1.23 bits per heavy atom. The second-order valence-electron chi connectivity index (χ2n) is 11.6. The molecule has 39 heavy (non-hydrogen) atoms. The Kier molecular flexibility index (Phi) is 9.41. The average Bonchev–Trinajstić information content (AvgIpc) is 3.16. The van der Waals surface area contributed by atoms with E-state index in [-0.39, 0.29) is 23.2 Å². The number of halogens is 3. The molecule has 0 saturated heterocycles. The van der Waals surface area contributed by atoms with Crippen molar-refractivity contribution >= 4 is 11.9 Å². The van der Waals surface area contributed by atoms with E-state index >= 15 is 0 Å². The quantitative estimate of drug-likeness (QED) is 0.271. The zero-order valence-corrected chi connectivity index (χ0v) is 23.6. The first-order chi connectivity index (χ1) is 18.0. The van der Waals surface area contributed by atoms with E-state index in [1.807, 2.05) is 13.0 Å². The van der Waals surface area contributed by atoms with Gasteiger partial charge in [-0.3, -0.25) is 9.59 Å². The van der Waals surface area contributed by atoms with Gasteiger partial charge >= 0.3 is 18.1 Å². The van der Waals surface area contributed by atoms with Crippen LogP contribution in [0.5, 0.6) is 0 Å². The van der Waals surface area contributed by atoms with E-state index in [0.29, 0.717) is 24.8 Å². The number of allylic oxidation sites excluding steroid dienone is 6. The van der Waals surface area contributed by atoms with Gasteiger partial charge in [0.15, 0.2) is 5.60 Å². The molecular formula is C31H41F3O5. The number of fused-ring (bicyclic) bond motifs is 1. The molecule has 3 unspecified atom stereocenters. The minimum Gasteiger partial charge on any atom is -0.462 e. The van der Waals surface area contributed by atoms with Crippen molar-refractivity contribution in [3.63, 3.8) is 0 Å². The van der Waals surface area contributed by atoms with Crippen LogP contribution in [0.1, 0.15) is 79.6 Å². The van der Waals surface area contributed by atoms with Crippen LogP contribution in [0, 0.1) is 17.3 Å². The van der Waals surface area contributed by atoms with Gasteiger partial charge in [0.1, 0.15) is 12.2 Å². The SMILES string of the molecule is C=C1/C(=C\C=C2/CCC[C@]3(C)C(C(C)C/C=C/[C@@](C)(O)C(F)(F)F)=CCC23)CC(OC(C)=O)C[C@@H]1OC(C)=O. The van der Waals surface area contributed by atoms with E-state index < -0.39 is 30.0 Å². The van der Waals surface area contributed by atoms with Crippen molar-refractivity contribution < 1.29 is 37.3 Å². The summed E-state index contributed by atoms with van der Waals surface area (Å²) in [6.45, 7) is 11.9. The molecule has 1 N–H and O–H groups in total. The summed E-state index contributed by atoms with van der Waals surface area (Å²) < 4.78 is 49.9. The summed E-state index contributed by atoms with van der Waals surface area (Å²) >= 11 is 0. The number of ether oxygens (including phenoxy) is 2. The molecule has 3 rings (SSSR count). The topological polar surface area (TPSA) is 72.8 Å². The molecule has 0 spiro atoms. The molecule has 0 aromatic heterocycles. The fraction of sp³-hybridized carbons (Fsp3) is 0.613. The summed E-state index contributed by atoms with van der Waals surface area (Å²) in [5, 5.41) is 9.71. The molecular weight excluding hydrogens is 509 g/mol. The van der Waals surface area contributed by atoms with E-state index in [4.69, 9.17) is 9.47 Å². The first-order valence-corrected chi connectivity index (χ1v) is 13.7. The van der Waals surface area contributed by atoms with Crippen LogP contribution in [0.25, 0.3) is 0 Å². The number of rotatable bonds is 7. The summed E-state index contributed by atoms with van der Waals surface area (Å²) in [5.74, 6) is -0.468. The summed E-state index contributed by atoms with van der Waals surface area (Å²) in [5.41, 5.74) is 1.23. The fourth-order valence-electron chi connectivity index (χ4n) is 6.41. The van der Waals surface area contributed by atoms with Gasteiger partial charge in [-0.05, 0) is 73.5 Å². The lowest BCUT2D eigenvalue weighted by Gasteiger charge is -2.42. The van der Waals surface area contributed by atoms with Gasteiger partial charge in [0.2, 0.25) is 0 Å². The summed E-state index contributed by atoms with van der Waals surface area (Å²) in [4.78, 5) is 23.2. The van der Waals surface area contributed by atoms with Gasteiger partial charge in [-0.2, -0.15) is 13.2 Å². The number of hydrogen-bond donors (Lipinski definition) is 1. The number of hydrogen-bond acceptors (Lipinski definition) is 5. The van der Waals surface area contributed by atoms with Crippen LogP contribution in [0.3, 0.4) is 0 Å². The minimum absolute atomic E-state index is 0.0464. The lowest BCUT2D eigenvalue weighted by molar-refractivity contribution is -0.232. The number of alkyl halides is 3. The van der Waals surface area contributed by atoms with E-state index in [9.17, 15) is 27.9 Å². The fourth-order valence-corrected chi connectivity index (χ4v) is 6.41. The molecule has 0 aliphatic heterocycles. The lowest BCUT2D eigenvalue weighted by atomic mass is 9.62. The van der Waals surface area contributed by atoms with E-state index in [2.05, 4.69) is 25.7 Å². The van der Waals surface area contributed by atoms with Crippen LogP contribution in [-0.2, 0) is 19.1 Å². The van der Waals surface area contributed by atoms with Crippen molar-refractivity contribution in [2.45, 2.75) is 104 Å². The number of esters is 2. The van der Waals surface area contributed by atoms with Crippen LogP contribution in [0.2, 0.25) is 0 Å². The second kappa shape index (κ2) is 11.9. The van der Waals surface area contributed by atoms with Crippen molar-refractivity contribution in [3.05, 3.63) is 59.3 Å². The molecule has 0 radical (unpaired) electrons. The molecule has 5 nitrogen and oxygen atoms in total. The molecule has 2 fully saturated rings. The van der Waals surface area contributed by atoms with Gasteiger partial charge in [0, 0.05) is 26.7 Å². The smallest absolute Gasteiger partial charge is 0.420 e. The van der Waals surface area contributed by atoms with Crippen LogP contribution >= 0.6 is 0 Å². The number of carbonyl (C=O) groups excluding carboxylic acids is 2. The predicted octanol–water partition coefficient (Wildman–Crippen LogP) is 7.08. The minimum atomic E-state index is -4.71. The molecule has 8 heteroatoms. The zero-order valence-electron chi connectivity index (χ0n) is 23.6. The number of aliphatic hydroxyl groups is 1. The predicted molar refractivity (Wildman–Crippen MR) is 143 cm³/mol. The maximum absolute atomic E-state index is 13.0. The van der Waals surface area contributed by atoms with Gasteiger partial charge in [0.25, 0.3) is 0 Å². The molecule has 216 valence electrons. The Balaban J connectivity index is 1.77. The maximum atomic E-state index is 13.0. The van der Waals surface area contributed by atoms with Gasteiger partial charge in [-0.1, -0.05) is 55.9 Å². The Morgan fingerprint density at radius 2 is 1.90 bits per heavy atom. The highest BCUT2D eigenvalue weighted by Gasteiger charge is 2.48. The first-order valence-electron chi connectivity index (χ1n) is 13.7. The van der Waals surface area contributed by atoms with Crippen molar-refractivity contribution in [3.8, 4) is 0 Å². The van der Waals surface area contributed by atoms with Crippen molar-refractivity contribution in [1.29, 1.82) is 0 Å². The number of carbonyl (C=O) groups is 2. The zero-order chi connectivity index (χ0) is 29.2. The van der Waals surface area contributed by atoms with Gasteiger partial charge in [-0.15, -0.1) is 0 Å². The largest absolute Gasteiger partial charge is 0.462 e.